The Hall–Kier alpha value is -0.900. The number of ether oxygens (including phenoxy) is 1. The number of hydrogen-bond acceptors (Lipinski definition) is 3. The van der Waals surface area contributed by atoms with Gasteiger partial charge >= 0.3 is 0 Å². The highest BCUT2D eigenvalue weighted by atomic mass is 16.5. The van der Waals surface area contributed by atoms with E-state index < -0.39 is 0 Å². The molecule has 0 aliphatic carbocycles. The van der Waals surface area contributed by atoms with Crippen LogP contribution in [0.15, 0.2) is 24.3 Å². The van der Waals surface area contributed by atoms with E-state index in [1.807, 2.05) is 0 Å². The first kappa shape index (κ1) is 11.6. The molecule has 0 radical (unpaired) electrons. The number of nitrogens with one attached hydrogen (secondary N) is 1. The third-order valence-corrected chi connectivity index (χ3v) is 2.93. The van der Waals surface area contributed by atoms with Gasteiger partial charge in [-0.1, -0.05) is 24.3 Å². The van der Waals surface area contributed by atoms with Crippen LogP contribution in [0.25, 0.3) is 0 Å². The fourth-order valence-corrected chi connectivity index (χ4v) is 2.08. The molecule has 1 aromatic rings. The molecular weight excluding hydrogens is 202 g/mol. The van der Waals surface area contributed by atoms with Gasteiger partial charge in [-0.05, 0) is 30.5 Å². The van der Waals surface area contributed by atoms with E-state index in [9.17, 15) is 0 Å². The predicted molar refractivity (Wildman–Crippen MR) is 63.4 cm³/mol. The summed E-state index contributed by atoms with van der Waals surface area (Å²) >= 11 is 0. The Balaban J connectivity index is 1.91. The molecule has 0 amide bonds. The molecule has 1 aliphatic heterocycles. The number of hydrogen-bond donors (Lipinski definition) is 2. The first-order valence-electron chi connectivity index (χ1n) is 5.93. The molecule has 1 atom stereocenters. The molecule has 88 valence electrons. The molecule has 16 heavy (non-hydrogen) atoms. The van der Waals surface area contributed by atoms with E-state index in [-0.39, 0.29) is 12.7 Å². The SMILES string of the molecule is OCCCNCC1OCCc2ccccc21. The van der Waals surface area contributed by atoms with Crippen molar-refractivity contribution >= 4 is 0 Å². The summed E-state index contributed by atoms with van der Waals surface area (Å²) in [5, 5.41) is 12.0. The summed E-state index contributed by atoms with van der Waals surface area (Å²) in [7, 11) is 0. The van der Waals surface area contributed by atoms with Crippen LogP contribution >= 0.6 is 0 Å². The van der Waals surface area contributed by atoms with Gasteiger partial charge in [0.1, 0.15) is 0 Å². The number of aliphatic hydroxyl groups excluding tert-OH is 1. The number of benzene rings is 1. The first-order valence-corrected chi connectivity index (χ1v) is 5.93. The monoisotopic (exact) mass is 221 g/mol. The van der Waals surface area contributed by atoms with Gasteiger partial charge in [0.2, 0.25) is 0 Å². The van der Waals surface area contributed by atoms with Crippen molar-refractivity contribution in [3.63, 3.8) is 0 Å². The average molecular weight is 221 g/mol. The lowest BCUT2D eigenvalue weighted by Crippen LogP contribution is -2.28. The van der Waals surface area contributed by atoms with Crippen LogP contribution in [0.3, 0.4) is 0 Å². The Morgan fingerprint density at radius 1 is 1.38 bits per heavy atom. The third-order valence-electron chi connectivity index (χ3n) is 2.93. The normalized spacial score (nSPS) is 19.4. The second kappa shape index (κ2) is 5.99. The van der Waals surface area contributed by atoms with E-state index in [1.165, 1.54) is 11.1 Å². The maximum absolute atomic E-state index is 8.69. The molecule has 1 aliphatic rings. The fraction of sp³-hybridized carbons (Fsp3) is 0.538. The van der Waals surface area contributed by atoms with Gasteiger partial charge in [0.25, 0.3) is 0 Å². The zero-order valence-electron chi connectivity index (χ0n) is 9.48. The molecule has 0 aromatic heterocycles. The van der Waals surface area contributed by atoms with E-state index >= 15 is 0 Å². The van der Waals surface area contributed by atoms with Crippen LogP contribution in [0.1, 0.15) is 23.7 Å². The highest BCUT2D eigenvalue weighted by Crippen LogP contribution is 2.25. The number of aliphatic hydroxyl groups is 1. The van der Waals surface area contributed by atoms with E-state index in [2.05, 4.69) is 29.6 Å². The summed E-state index contributed by atoms with van der Waals surface area (Å²) in [5.41, 5.74) is 2.72. The summed E-state index contributed by atoms with van der Waals surface area (Å²) in [4.78, 5) is 0. The van der Waals surface area contributed by atoms with Crippen molar-refractivity contribution < 1.29 is 9.84 Å². The van der Waals surface area contributed by atoms with Crippen molar-refractivity contribution in [3.8, 4) is 0 Å². The lowest BCUT2D eigenvalue weighted by Gasteiger charge is -2.26. The Bertz CT molecular complexity index is 327. The molecule has 3 nitrogen and oxygen atoms in total. The average Bonchev–Trinajstić information content (AvgIpc) is 2.35. The quantitative estimate of drug-likeness (QED) is 0.736. The Morgan fingerprint density at radius 3 is 3.12 bits per heavy atom. The molecule has 1 heterocycles. The Labute approximate surface area is 96.4 Å². The highest BCUT2D eigenvalue weighted by Gasteiger charge is 2.19. The lowest BCUT2D eigenvalue weighted by atomic mass is 9.97. The smallest absolute Gasteiger partial charge is 0.0952 e. The first-order chi connectivity index (χ1) is 7.92. The zero-order valence-corrected chi connectivity index (χ0v) is 9.48. The van der Waals surface area contributed by atoms with Crippen molar-refractivity contribution in [2.45, 2.75) is 18.9 Å². The maximum Gasteiger partial charge on any atom is 0.0952 e. The Kier molecular flexibility index (Phi) is 4.34. The van der Waals surface area contributed by atoms with Gasteiger partial charge < -0.3 is 15.2 Å². The van der Waals surface area contributed by atoms with Crippen LogP contribution in [-0.2, 0) is 11.2 Å². The van der Waals surface area contributed by atoms with Crippen LogP contribution in [0.4, 0.5) is 0 Å². The van der Waals surface area contributed by atoms with Gasteiger partial charge in [-0.2, -0.15) is 0 Å². The molecule has 0 saturated carbocycles. The summed E-state index contributed by atoms with van der Waals surface area (Å²) in [6, 6.07) is 8.47. The second-order valence-electron chi connectivity index (χ2n) is 4.09. The van der Waals surface area contributed by atoms with E-state index in [4.69, 9.17) is 9.84 Å². The van der Waals surface area contributed by atoms with Gasteiger partial charge in [0.05, 0.1) is 12.7 Å². The van der Waals surface area contributed by atoms with Crippen molar-refractivity contribution in [2.24, 2.45) is 0 Å². The van der Waals surface area contributed by atoms with Gasteiger partial charge in [-0.15, -0.1) is 0 Å². The topological polar surface area (TPSA) is 41.5 Å². The summed E-state index contributed by atoms with van der Waals surface area (Å²) < 4.78 is 5.76. The summed E-state index contributed by atoms with van der Waals surface area (Å²) in [6.45, 7) is 2.73. The molecule has 0 saturated heterocycles. The molecule has 0 bridgehead atoms. The van der Waals surface area contributed by atoms with Crippen LogP contribution in [0.2, 0.25) is 0 Å². The van der Waals surface area contributed by atoms with Crippen molar-refractivity contribution in [3.05, 3.63) is 35.4 Å². The van der Waals surface area contributed by atoms with Crippen molar-refractivity contribution in [1.82, 2.24) is 5.32 Å². The molecule has 2 N–H and O–H groups in total. The van der Waals surface area contributed by atoms with E-state index in [1.54, 1.807) is 0 Å². The summed E-state index contributed by atoms with van der Waals surface area (Å²) in [6.07, 6.45) is 1.99. The largest absolute Gasteiger partial charge is 0.396 e. The minimum atomic E-state index is 0.170. The third kappa shape index (κ3) is 2.82. The molecule has 3 heteroatoms. The summed E-state index contributed by atoms with van der Waals surface area (Å²) in [5.74, 6) is 0. The molecule has 2 rings (SSSR count). The van der Waals surface area contributed by atoms with E-state index in [0.29, 0.717) is 0 Å². The lowest BCUT2D eigenvalue weighted by molar-refractivity contribution is 0.0424. The zero-order chi connectivity index (χ0) is 11.2. The molecule has 1 aromatic carbocycles. The maximum atomic E-state index is 8.69. The van der Waals surface area contributed by atoms with Crippen molar-refractivity contribution in [2.75, 3.05) is 26.3 Å². The highest BCUT2D eigenvalue weighted by molar-refractivity contribution is 5.31. The number of fused-ring (bicyclic) bond motifs is 1. The van der Waals surface area contributed by atoms with Crippen molar-refractivity contribution in [1.29, 1.82) is 0 Å². The molecular formula is C13H19NO2. The molecule has 1 unspecified atom stereocenters. The molecule has 0 spiro atoms. The molecule has 0 fully saturated rings. The van der Waals surface area contributed by atoms with Gasteiger partial charge in [0.15, 0.2) is 0 Å². The standard InChI is InChI=1S/C13H19NO2/c15-8-3-7-14-10-13-12-5-2-1-4-11(12)6-9-16-13/h1-2,4-5,13-15H,3,6-10H2. The predicted octanol–water partition coefficient (Wildman–Crippen LogP) is 1.27. The minimum absolute atomic E-state index is 0.170. The minimum Gasteiger partial charge on any atom is -0.396 e. The second-order valence-corrected chi connectivity index (χ2v) is 4.09. The van der Waals surface area contributed by atoms with Gasteiger partial charge in [-0.3, -0.25) is 0 Å². The van der Waals surface area contributed by atoms with E-state index in [0.717, 1.165) is 32.5 Å². The van der Waals surface area contributed by atoms with Crippen LogP contribution in [0, 0.1) is 0 Å². The fourth-order valence-electron chi connectivity index (χ4n) is 2.08. The van der Waals surface area contributed by atoms with Gasteiger partial charge in [0, 0.05) is 13.2 Å². The van der Waals surface area contributed by atoms with Crippen LogP contribution in [-0.4, -0.2) is 31.4 Å². The van der Waals surface area contributed by atoms with Crippen LogP contribution < -0.4 is 5.32 Å². The van der Waals surface area contributed by atoms with Crippen LogP contribution in [0.5, 0.6) is 0 Å². The van der Waals surface area contributed by atoms with Gasteiger partial charge in [-0.25, -0.2) is 0 Å². The Morgan fingerprint density at radius 2 is 2.25 bits per heavy atom. The number of rotatable bonds is 5.